The maximum absolute atomic E-state index is 13.5. The number of carbonyl (C=O) groups is 2. The Bertz CT molecular complexity index is 1150. The normalized spacial score (nSPS) is 13.0. The van der Waals surface area contributed by atoms with E-state index < -0.39 is 24.0 Å². The fourth-order valence-electron chi connectivity index (χ4n) is 3.79. The molecule has 0 aliphatic heterocycles. The van der Waals surface area contributed by atoms with E-state index in [1.165, 1.54) is 12.1 Å². The lowest BCUT2D eigenvalue weighted by Crippen LogP contribution is -2.27. The zero-order valence-electron chi connectivity index (χ0n) is 19.6. The summed E-state index contributed by atoms with van der Waals surface area (Å²) >= 11 is 0. The molecule has 2 heterocycles. The first-order valence-electron chi connectivity index (χ1n) is 11.3. The van der Waals surface area contributed by atoms with Crippen molar-refractivity contribution in [3.05, 3.63) is 71.6 Å². The minimum atomic E-state index is -1.68. The van der Waals surface area contributed by atoms with Crippen molar-refractivity contribution in [3.8, 4) is 11.4 Å². The topological polar surface area (TPSA) is 138 Å². The molecule has 1 amide bonds. The standard InChI is InChI=1S/C25H29FN4O5/c1-15(2)22-21(24(33)28-14-16-4-3-10-27-13-16)29-23(17-5-7-18(26)8-6-17)30(22)11-9-19(31)12-20(32)25(34)35/h3-8,10,13,15,19-20,31-32H,9,11-12,14H2,1-2H3,(H,28,33)(H,34,35)/t19-,20-/m1/s1. The van der Waals surface area contributed by atoms with Gasteiger partial charge in [0.2, 0.25) is 0 Å². The van der Waals surface area contributed by atoms with E-state index >= 15 is 0 Å². The number of aliphatic carboxylic acids is 1. The minimum Gasteiger partial charge on any atom is -0.479 e. The van der Waals surface area contributed by atoms with Crippen LogP contribution < -0.4 is 5.32 Å². The Balaban J connectivity index is 1.93. The van der Waals surface area contributed by atoms with Crippen LogP contribution in [0.2, 0.25) is 0 Å². The van der Waals surface area contributed by atoms with Crippen LogP contribution in [0, 0.1) is 5.82 Å². The minimum absolute atomic E-state index is 0.116. The average molecular weight is 485 g/mol. The highest BCUT2D eigenvalue weighted by Crippen LogP contribution is 2.29. The summed E-state index contributed by atoms with van der Waals surface area (Å²) in [6, 6.07) is 9.31. The molecule has 3 rings (SSSR count). The van der Waals surface area contributed by atoms with Crippen LogP contribution in [0.4, 0.5) is 4.39 Å². The van der Waals surface area contributed by atoms with E-state index in [1.54, 1.807) is 35.2 Å². The third kappa shape index (κ3) is 6.71. The lowest BCUT2D eigenvalue weighted by Gasteiger charge is -2.18. The number of hydrogen-bond acceptors (Lipinski definition) is 6. The van der Waals surface area contributed by atoms with E-state index in [-0.39, 0.29) is 43.5 Å². The summed E-state index contributed by atoms with van der Waals surface area (Å²) in [7, 11) is 0. The van der Waals surface area contributed by atoms with Crippen molar-refractivity contribution < 1.29 is 29.3 Å². The van der Waals surface area contributed by atoms with Crippen molar-refractivity contribution in [1.29, 1.82) is 0 Å². The highest BCUT2D eigenvalue weighted by Gasteiger charge is 2.26. The van der Waals surface area contributed by atoms with Gasteiger partial charge < -0.3 is 25.2 Å². The maximum Gasteiger partial charge on any atom is 0.332 e. The number of hydrogen-bond donors (Lipinski definition) is 4. The van der Waals surface area contributed by atoms with Crippen LogP contribution in [-0.4, -0.2) is 53.9 Å². The molecule has 0 aliphatic rings. The number of carbonyl (C=O) groups excluding carboxylic acids is 1. The van der Waals surface area contributed by atoms with Gasteiger partial charge in [-0.25, -0.2) is 14.2 Å². The number of carboxylic acid groups (broad SMARTS) is 1. The molecular weight excluding hydrogens is 455 g/mol. The van der Waals surface area contributed by atoms with Gasteiger partial charge in [-0.2, -0.15) is 0 Å². The molecule has 0 aliphatic carbocycles. The van der Waals surface area contributed by atoms with Crippen molar-refractivity contribution in [2.24, 2.45) is 0 Å². The van der Waals surface area contributed by atoms with Crippen LogP contribution >= 0.6 is 0 Å². The van der Waals surface area contributed by atoms with Gasteiger partial charge in [0.05, 0.1) is 11.8 Å². The van der Waals surface area contributed by atoms with E-state index in [4.69, 9.17) is 5.11 Å². The number of halogens is 1. The Kier molecular flexibility index (Phi) is 8.67. The molecule has 2 atom stereocenters. The summed E-state index contributed by atoms with van der Waals surface area (Å²) in [5, 5.41) is 31.6. The number of aliphatic hydroxyl groups is 2. The first kappa shape index (κ1) is 26.0. The van der Waals surface area contributed by atoms with Crippen LogP contribution in [0.15, 0.2) is 48.8 Å². The number of carboxylic acids is 1. The second-order valence-electron chi connectivity index (χ2n) is 8.56. The van der Waals surface area contributed by atoms with Crippen molar-refractivity contribution in [2.45, 2.75) is 57.9 Å². The smallest absolute Gasteiger partial charge is 0.332 e. The number of benzene rings is 1. The summed E-state index contributed by atoms with van der Waals surface area (Å²) in [4.78, 5) is 32.7. The van der Waals surface area contributed by atoms with Crippen molar-refractivity contribution in [1.82, 2.24) is 19.9 Å². The monoisotopic (exact) mass is 484 g/mol. The maximum atomic E-state index is 13.5. The highest BCUT2D eigenvalue weighted by atomic mass is 19.1. The molecule has 0 spiro atoms. The highest BCUT2D eigenvalue weighted by molar-refractivity contribution is 5.94. The summed E-state index contributed by atoms with van der Waals surface area (Å²) < 4.78 is 15.3. The van der Waals surface area contributed by atoms with Gasteiger partial charge in [0, 0.05) is 37.5 Å². The van der Waals surface area contributed by atoms with Gasteiger partial charge in [-0.15, -0.1) is 0 Å². The number of nitrogens with zero attached hydrogens (tertiary/aromatic N) is 3. The van der Waals surface area contributed by atoms with Gasteiger partial charge in [-0.05, 0) is 48.2 Å². The quantitative estimate of drug-likeness (QED) is 0.328. The molecule has 0 fully saturated rings. The number of amides is 1. The number of imidazole rings is 1. The van der Waals surface area contributed by atoms with Crippen LogP contribution in [0.3, 0.4) is 0 Å². The van der Waals surface area contributed by atoms with Crippen molar-refractivity contribution in [2.75, 3.05) is 0 Å². The zero-order valence-corrected chi connectivity index (χ0v) is 19.6. The third-order valence-corrected chi connectivity index (χ3v) is 5.51. The lowest BCUT2D eigenvalue weighted by molar-refractivity contribution is -0.148. The second-order valence-corrected chi connectivity index (χ2v) is 8.56. The Morgan fingerprint density at radius 3 is 2.46 bits per heavy atom. The fraction of sp³-hybridized carbons (Fsp3) is 0.360. The largest absolute Gasteiger partial charge is 0.479 e. The van der Waals surface area contributed by atoms with E-state index in [9.17, 15) is 24.2 Å². The summed E-state index contributed by atoms with van der Waals surface area (Å²) in [5.74, 6) is -1.91. The Morgan fingerprint density at radius 2 is 1.86 bits per heavy atom. The van der Waals surface area contributed by atoms with E-state index in [2.05, 4.69) is 15.3 Å². The molecule has 186 valence electrons. The molecule has 4 N–H and O–H groups in total. The summed E-state index contributed by atoms with van der Waals surface area (Å²) in [6.45, 7) is 4.28. The number of rotatable bonds is 11. The molecule has 0 bridgehead atoms. The van der Waals surface area contributed by atoms with Crippen LogP contribution in [-0.2, 0) is 17.9 Å². The molecule has 0 radical (unpaired) electrons. The zero-order chi connectivity index (χ0) is 25.5. The predicted octanol–water partition coefficient (Wildman–Crippen LogP) is 2.72. The number of pyridine rings is 1. The molecule has 0 saturated heterocycles. The van der Waals surface area contributed by atoms with Gasteiger partial charge in [0.1, 0.15) is 17.3 Å². The first-order valence-corrected chi connectivity index (χ1v) is 11.3. The predicted molar refractivity (Wildman–Crippen MR) is 126 cm³/mol. The SMILES string of the molecule is CC(C)c1c(C(=O)NCc2cccnc2)nc(-c2ccc(F)cc2)n1CC[C@@H](O)C[C@@H](O)C(=O)O. The van der Waals surface area contributed by atoms with Gasteiger partial charge in [0.25, 0.3) is 5.91 Å². The van der Waals surface area contributed by atoms with Crippen LogP contribution in [0.1, 0.15) is 54.4 Å². The van der Waals surface area contributed by atoms with E-state index in [1.807, 2.05) is 19.9 Å². The fourth-order valence-corrected chi connectivity index (χ4v) is 3.79. The van der Waals surface area contributed by atoms with Gasteiger partial charge in [0.15, 0.2) is 6.10 Å². The van der Waals surface area contributed by atoms with Crippen molar-refractivity contribution >= 4 is 11.9 Å². The molecule has 0 unspecified atom stereocenters. The summed E-state index contributed by atoms with van der Waals surface area (Å²) in [6.07, 6.45) is 0.314. The van der Waals surface area contributed by atoms with E-state index in [0.717, 1.165) is 5.56 Å². The van der Waals surface area contributed by atoms with Crippen LogP contribution in [0.25, 0.3) is 11.4 Å². The van der Waals surface area contributed by atoms with Gasteiger partial charge >= 0.3 is 5.97 Å². The lowest BCUT2D eigenvalue weighted by atomic mass is 10.1. The Labute approximate surface area is 202 Å². The molecule has 35 heavy (non-hydrogen) atoms. The van der Waals surface area contributed by atoms with Gasteiger partial charge in [-0.3, -0.25) is 9.78 Å². The number of aromatic nitrogens is 3. The average Bonchev–Trinajstić information content (AvgIpc) is 3.22. The molecule has 2 aromatic heterocycles. The van der Waals surface area contributed by atoms with Crippen LogP contribution in [0.5, 0.6) is 0 Å². The number of aliphatic hydroxyl groups excluding tert-OH is 2. The first-order chi connectivity index (χ1) is 16.7. The second kappa shape index (κ2) is 11.7. The summed E-state index contributed by atoms with van der Waals surface area (Å²) in [5.41, 5.74) is 2.24. The number of nitrogens with one attached hydrogen (secondary N) is 1. The van der Waals surface area contributed by atoms with E-state index in [0.29, 0.717) is 17.1 Å². The molecule has 9 nitrogen and oxygen atoms in total. The van der Waals surface area contributed by atoms with Gasteiger partial charge in [-0.1, -0.05) is 19.9 Å². The molecule has 3 aromatic rings. The third-order valence-electron chi connectivity index (χ3n) is 5.51. The molecule has 0 saturated carbocycles. The Morgan fingerprint density at radius 1 is 1.14 bits per heavy atom. The Hall–Kier alpha value is -3.63. The van der Waals surface area contributed by atoms with Crippen molar-refractivity contribution in [3.63, 3.8) is 0 Å². The molecule has 10 heteroatoms. The molecule has 1 aromatic carbocycles. The molecular formula is C25H29FN4O5.